The summed E-state index contributed by atoms with van der Waals surface area (Å²) in [6, 6.07) is 1.64. The minimum Gasteiger partial charge on any atom is -0.378 e. The minimum absolute atomic E-state index is 0.0590. The maximum absolute atomic E-state index is 11.4. The molecule has 0 aromatic carbocycles. The molecule has 0 radical (unpaired) electrons. The zero-order valence-electron chi connectivity index (χ0n) is 7.57. The third kappa shape index (κ3) is 3.03. The van der Waals surface area contributed by atoms with Crippen LogP contribution in [0, 0.1) is 11.3 Å². The molecule has 13 heavy (non-hydrogen) atoms. The number of hydrogen-bond acceptors (Lipinski definition) is 3. The number of carbonyl (C=O) groups is 1. The fourth-order valence-electron chi connectivity index (χ4n) is 1.48. The van der Waals surface area contributed by atoms with Crippen molar-refractivity contribution in [3.05, 3.63) is 0 Å². The standard InChI is InChI=1S/C9H14N2O2/c10-7-8(12)6-9(13)11-4-2-1-3-5-11/h8,12H,1-6H2. The molecule has 72 valence electrons. The van der Waals surface area contributed by atoms with Gasteiger partial charge in [-0.1, -0.05) is 0 Å². The van der Waals surface area contributed by atoms with Crippen molar-refractivity contribution in [3.8, 4) is 6.07 Å². The van der Waals surface area contributed by atoms with Crippen LogP contribution < -0.4 is 0 Å². The van der Waals surface area contributed by atoms with Gasteiger partial charge < -0.3 is 10.0 Å². The molecule has 1 fully saturated rings. The normalized spacial score (nSPS) is 19.2. The smallest absolute Gasteiger partial charge is 0.226 e. The summed E-state index contributed by atoms with van der Waals surface area (Å²) in [6.07, 6.45) is 2.04. The van der Waals surface area contributed by atoms with Gasteiger partial charge in [0, 0.05) is 13.1 Å². The monoisotopic (exact) mass is 182 g/mol. The second kappa shape index (κ2) is 4.83. The van der Waals surface area contributed by atoms with Crippen molar-refractivity contribution >= 4 is 5.91 Å². The van der Waals surface area contributed by atoms with E-state index >= 15 is 0 Å². The Morgan fingerprint density at radius 3 is 2.62 bits per heavy atom. The summed E-state index contributed by atoms with van der Waals surface area (Å²) in [6.45, 7) is 1.55. The summed E-state index contributed by atoms with van der Waals surface area (Å²) < 4.78 is 0. The van der Waals surface area contributed by atoms with Gasteiger partial charge in [0.2, 0.25) is 5.91 Å². The van der Waals surface area contributed by atoms with E-state index in [0.717, 1.165) is 25.9 Å². The summed E-state index contributed by atoms with van der Waals surface area (Å²) in [4.78, 5) is 13.1. The Kier molecular flexibility index (Phi) is 3.71. The molecule has 0 aliphatic carbocycles. The van der Waals surface area contributed by atoms with Crippen molar-refractivity contribution in [1.82, 2.24) is 4.90 Å². The second-order valence-corrected chi connectivity index (χ2v) is 3.29. The van der Waals surface area contributed by atoms with Crippen LogP contribution in [0.5, 0.6) is 0 Å². The molecule has 1 aliphatic heterocycles. The number of nitrogens with zero attached hydrogens (tertiary/aromatic N) is 2. The van der Waals surface area contributed by atoms with Crippen molar-refractivity contribution in [2.75, 3.05) is 13.1 Å². The lowest BCUT2D eigenvalue weighted by Gasteiger charge is -2.26. The number of likely N-dealkylation sites (tertiary alicyclic amines) is 1. The maximum atomic E-state index is 11.4. The molecular formula is C9H14N2O2. The van der Waals surface area contributed by atoms with Crippen molar-refractivity contribution in [2.45, 2.75) is 31.8 Å². The first-order valence-electron chi connectivity index (χ1n) is 4.59. The van der Waals surface area contributed by atoms with Crippen LogP contribution in [-0.2, 0) is 4.79 Å². The van der Waals surface area contributed by atoms with Crippen molar-refractivity contribution in [1.29, 1.82) is 5.26 Å². The first-order chi connectivity index (χ1) is 6.24. The number of amides is 1. The van der Waals surface area contributed by atoms with Crippen LogP contribution in [0.4, 0.5) is 0 Å². The van der Waals surface area contributed by atoms with Crippen LogP contribution in [0.1, 0.15) is 25.7 Å². The SMILES string of the molecule is N#CC(O)CC(=O)N1CCCCC1. The van der Waals surface area contributed by atoms with Gasteiger partial charge in [-0.25, -0.2) is 0 Å². The zero-order valence-corrected chi connectivity index (χ0v) is 7.57. The minimum atomic E-state index is -1.14. The summed E-state index contributed by atoms with van der Waals surface area (Å²) in [5, 5.41) is 17.3. The topological polar surface area (TPSA) is 64.3 Å². The number of carbonyl (C=O) groups excluding carboxylic acids is 1. The molecule has 1 atom stereocenters. The average Bonchev–Trinajstić information content (AvgIpc) is 2.19. The van der Waals surface area contributed by atoms with Crippen molar-refractivity contribution in [2.24, 2.45) is 0 Å². The third-order valence-electron chi connectivity index (χ3n) is 2.23. The number of hydrogen-bond donors (Lipinski definition) is 1. The molecule has 0 aromatic heterocycles. The fourth-order valence-corrected chi connectivity index (χ4v) is 1.48. The van der Waals surface area contributed by atoms with E-state index in [4.69, 9.17) is 10.4 Å². The predicted octanol–water partition coefficient (Wildman–Crippen LogP) is 0.273. The highest BCUT2D eigenvalue weighted by molar-refractivity contribution is 5.77. The van der Waals surface area contributed by atoms with Crippen LogP contribution >= 0.6 is 0 Å². The Morgan fingerprint density at radius 2 is 2.08 bits per heavy atom. The van der Waals surface area contributed by atoms with Crippen molar-refractivity contribution < 1.29 is 9.90 Å². The number of nitriles is 1. The fraction of sp³-hybridized carbons (Fsp3) is 0.778. The number of rotatable bonds is 2. The molecule has 0 bridgehead atoms. The summed E-state index contributed by atoms with van der Waals surface area (Å²) >= 11 is 0. The van der Waals surface area contributed by atoms with Gasteiger partial charge in [-0.3, -0.25) is 4.79 Å². The van der Waals surface area contributed by atoms with E-state index < -0.39 is 6.10 Å². The predicted molar refractivity (Wildman–Crippen MR) is 46.7 cm³/mol. The van der Waals surface area contributed by atoms with Gasteiger partial charge in [-0.05, 0) is 19.3 Å². The first kappa shape index (κ1) is 10.0. The Morgan fingerprint density at radius 1 is 1.46 bits per heavy atom. The van der Waals surface area contributed by atoms with Crippen LogP contribution in [-0.4, -0.2) is 35.1 Å². The van der Waals surface area contributed by atoms with E-state index in [1.165, 1.54) is 6.42 Å². The van der Waals surface area contributed by atoms with Gasteiger partial charge in [-0.15, -0.1) is 0 Å². The molecule has 4 nitrogen and oxygen atoms in total. The average molecular weight is 182 g/mol. The zero-order chi connectivity index (χ0) is 9.68. The number of aliphatic hydroxyl groups excluding tert-OH is 1. The van der Waals surface area contributed by atoms with E-state index in [1.807, 2.05) is 0 Å². The van der Waals surface area contributed by atoms with Gasteiger partial charge >= 0.3 is 0 Å². The van der Waals surface area contributed by atoms with Gasteiger partial charge in [-0.2, -0.15) is 5.26 Å². The molecule has 1 rings (SSSR count). The lowest BCUT2D eigenvalue weighted by Crippen LogP contribution is -2.37. The Balaban J connectivity index is 2.34. The molecule has 1 unspecified atom stereocenters. The molecule has 0 saturated carbocycles. The lowest BCUT2D eigenvalue weighted by atomic mass is 10.1. The van der Waals surface area contributed by atoms with Crippen LogP contribution in [0.2, 0.25) is 0 Å². The molecular weight excluding hydrogens is 168 g/mol. The quantitative estimate of drug-likeness (QED) is 0.623. The highest BCUT2D eigenvalue weighted by Gasteiger charge is 2.18. The van der Waals surface area contributed by atoms with E-state index in [1.54, 1.807) is 11.0 Å². The maximum Gasteiger partial charge on any atom is 0.226 e. The molecule has 1 saturated heterocycles. The molecule has 1 amide bonds. The summed E-state index contributed by atoms with van der Waals surface area (Å²) in [7, 11) is 0. The molecule has 1 N–H and O–H groups in total. The van der Waals surface area contributed by atoms with Gasteiger partial charge in [0.15, 0.2) is 0 Å². The molecule has 4 heteroatoms. The van der Waals surface area contributed by atoms with Crippen LogP contribution in [0.25, 0.3) is 0 Å². The third-order valence-corrected chi connectivity index (χ3v) is 2.23. The highest BCUT2D eigenvalue weighted by atomic mass is 16.3. The van der Waals surface area contributed by atoms with Gasteiger partial charge in [0.25, 0.3) is 0 Å². The molecule has 0 spiro atoms. The van der Waals surface area contributed by atoms with E-state index in [9.17, 15) is 4.79 Å². The summed E-state index contributed by atoms with van der Waals surface area (Å²) in [5.74, 6) is -0.103. The van der Waals surface area contributed by atoms with Crippen molar-refractivity contribution in [3.63, 3.8) is 0 Å². The lowest BCUT2D eigenvalue weighted by molar-refractivity contribution is -0.133. The Bertz CT molecular complexity index is 216. The molecule has 1 heterocycles. The Hall–Kier alpha value is -1.08. The second-order valence-electron chi connectivity index (χ2n) is 3.29. The highest BCUT2D eigenvalue weighted by Crippen LogP contribution is 2.10. The largest absolute Gasteiger partial charge is 0.378 e. The van der Waals surface area contributed by atoms with Crippen LogP contribution in [0.3, 0.4) is 0 Å². The number of aliphatic hydroxyl groups is 1. The number of piperidine rings is 1. The first-order valence-corrected chi connectivity index (χ1v) is 4.59. The van der Waals surface area contributed by atoms with Gasteiger partial charge in [0.05, 0.1) is 12.5 Å². The molecule has 0 aromatic rings. The van der Waals surface area contributed by atoms with E-state index in [2.05, 4.69) is 0 Å². The van der Waals surface area contributed by atoms with Gasteiger partial charge in [0.1, 0.15) is 6.10 Å². The molecule has 1 aliphatic rings. The van der Waals surface area contributed by atoms with Crippen LogP contribution in [0.15, 0.2) is 0 Å². The Labute approximate surface area is 77.8 Å². The summed E-state index contributed by atoms with van der Waals surface area (Å²) in [5.41, 5.74) is 0. The van der Waals surface area contributed by atoms with E-state index in [-0.39, 0.29) is 12.3 Å². The van der Waals surface area contributed by atoms with E-state index in [0.29, 0.717) is 0 Å².